The van der Waals surface area contributed by atoms with Crippen molar-refractivity contribution in [2.75, 3.05) is 19.6 Å². The van der Waals surface area contributed by atoms with Gasteiger partial charge in [-0.15, -0.1) is 0 Å². The average molecular weight is 281 g/mol. The average Bonchev–Trinajstić information content (AvgIpc) is 2.85. The Morgan fingerprint density at radius 2 is 1.80 bits per heavy atom. The number of nitrogens with two attached hydrogens (primary N) is 1. The summed E-state index contributed by atoms with van der Waals surface area (Å²) in [5.41, 5.74) is 6.54. The van der Waals surface area contributed by atoms with E-state index in [4.69, 9.17) is 5.73 Å². The Labute approximate surface area is 123 Å². The van der Waals surface area contributed by atoms with Crippen LogP contribution in [0, 0.1) is 5.41 Å². The number of likely N-dealkylation sites (tertiary alicyclic amines) is 1. The van der Waals surface area contributed by atoms with Crippen molar-refractivity contribution in [1.29, 1.82) is 0 Å². The predicted molar refractivity (Wildman–Crippen MR) is 82.4 cm³/mol. The lowest BCUT2D eigenvalue weighted by atomic mass is 9.76. The van der Waals surface area contributed by atoms with Crippen molar-refractivity contribution in [3.05, 3.63) is 0 Å². The van der Waals surface area contributed by atoms with E-state index < -0.39 is 0 Å². The third-order valence-corrected chi connectivity index (χ3v) is 5.18. The number of amides is 1. The van der Waals surface area contributed by atoms with Gasteiger partial charge in [0.2, 0.25) is 5.91 Å². The number of hydrogen-bond donors (Lipinski definition) is 2. The smallest absolute Gasteiger partial charge is 0.221 e. The minimum atomic E-state index is 0.136. The third-order valence-electron chi connectivity index (χ3n) is 5.18. The summed E-state index contributed by atoms with van der Waals surface area (Å²) in [5, 5.41) is 2.97. The normalized spacial score (nSPS) is 24.2. The first kappa shape index (κ1) is 15.8. The maximum Gasteiger partial charge on any atom is 0.221 e. The number of carbonyl (C=O) groups is 1. The molecule has 1 aliphatic heterocycles. The Morgan fingerprint density at radius 1 is 1.20 bits per heavy atom. The van der Waals surface area contributed by atoms with Crippen LogP contribution in [0.25, 0.3) is 0 Å². The van der Waals surface area contributed by atoms with Crippen LogP contribution < -0.4 is 11.1 Å². The molecule has 1 saturated heterocycles. The van der Waals surface area contributed by atoms with E-state index in [9.17, 15) is 4.79 Å². The van der Waals surface area contributed by atoms with Gasteiger partial charge in [-0.05, 0) is 58.0 Å². The highest BCUT2D eigenvalue weighted by molar-refractivity contribution is 5.76. The molecule has 1 amide bonds. The molecule has 4 heteroatoms. The number of nitrogens with one attached hydrogen (secondary N) is 1. The molecule has 0 aromatic heterocycles. The number of hydrogen-bond acceptors (Lipinski definition) is 3. The molecular weight excluding hydrogens is 250 g/mol. The van der Waals surface area contributed by atoms with Gasteiger partial charge in [-0.25, -0.2) is 0 Å². The highest BCUT2D eigenvalue weighted by Crippen LogP contribution is 2.46. The summed E-state index contributed by atoms with van der Waals surface area (Å²) in [7, 11) is 0. The molecule has 116 valence electrons. The van der Waals surface area contributed by atoms with Crippen LogP contribution in [-0.2, 0) is 4.79 Å². The molecular formula is C16H31N3O. The molecule has 1 saturated carbocycles. The lowest BCUT2D eigenvalue weighted by Gasteiger charge is -2.42. The molecule has 2 aliphatic rings. The molecule has 1 aliphatic carbocycles. The van der Waals surface area contributed by atoms with Crippen LogP contribution in [0.15, 0.2) is 0 Å². The van der Waals surface area contributed by atoms with Gasteiger partial charge < -0.3 is 11.1 Å². The molecule has 0 aromatic rings. The van der Waals surface area contributed by atoms with Crippen molar-refractivity contribution in [2.45, 2.75) is 70.9 Å². The van der Waals surface area contributed by atoms with Crippen LogP contribution in [-0.4, -0.2) is 42.5 Å². The lowest BCUT2D eigenvalue weighted by Crippen LogP contribution is -2.49. The summed E-state index contributed by atoms with van der Waals surface area (Å²) in [4.78, 5) is 14.4. The fourth-order valence-corrected chi connectivity index (χ4v) is 3.94. The summed E-state index contributed by atoms with van der Waals surface area (Å²) in [5.74, 6) is 0.136. The van der Waals surface area contributed by atoms with Crippen LogP contribution in [0.1, 0.15) is 58.8 Å². The van der Waals surface area contributed by atoms with Crippen LogP contribution in [0.5, 0.6) is 0 Å². The first-order valence-electron chi connectivity index (χ1n) is 8.28. The molecule has 3 N–H and O–H groups in total. The van der Waals surface area contributed by atoms with Crippen molar-refractivity contribution in [2.24, 2.45) is 11.1 Å². The van der Waals surface area contributed by atoms with Gasteiger partial charge in [0, 0.05) is 25.0 Å². The zero-order valence-corrected chi connectivity index (χ0v) is 13.2. The Balaban J connectivity index is 1.82. The van der Waals surface area contributed by atoms with Crippen molar-refractivity contribution in [1.82, 2.24) is 10.2 Å². The van der Waals surface area contributed by atoms with E-state index in [-0.39, 0.29) is 18.0 Å². The topological polar surface area (TPSA) is 58.4 Å². The zero-order chi connectivity index (χ0) is 14.6. The van der Waals surface area contributed by atoms with E-state index in [1.54, 1.807) is 0 Å². The molecule has 2 fully saturated rings. The molecule has 2 rings (SSSR count). The first-order chi connectivity index (χ1) is 9.54. The van der Waals surface area contributed by atoms with Gasteiger partial charge >= 0.3 is 0 Å². The second-order valence-corrected chi connectivity index (χ2v) is 7.06. The maximum atomic E-state index is 11.9. The van der Waals surface area contributed by atoms with Crippen LogP contribution >= 0.6 is 0 Å². The van der Waals surface area contributed by atoms with Gasteiger partial charge in [0.15, 0.2) is 0 Å². The largest absolute Gasteiger partial charge is 0.354 e. The summed E-state index contributed by atoms with van der Waals surface area (Å²) in [6.07, 6.45) is 8.81. The summed E-state index contributed by atoms with van der Waals surface area (Å²) in [6, 6.07) is 0.427. The minimum Gasteiger partial charge on any atom is -0.354 e. The Kier molecular flexibility index (Phi) is 5.44. The Morgan fingerprint density at radius 3 is 2.30 bits per heavy atom. The van der Waals surface area contributed by atoms with Crippen molar-refractivity contribution in [3.8, 4) is 0 Å². The Bertz CT molecular complexity index is 314. The highest BCUT2D eigenvalue weighted by atomic mass is 16.1. The molecule has 0 bridgehead atoms. The van der Waals surface area contributed by atoms with Gasteiger partial charge in [-0.2, -0.15) is 0 Å². The zero-order valence-electron chi connectivity index (χ0n) is 13.2. The predicted octanol–water partition coefficient (Wildman–Crippen LogP) is 1.88. The van der Waals surface area contributed by atoms with Crippen molar-refractivity contribution < 1.29 is 4.79 Å². The number of nitrogens with zero attached hydrogens (tertiary/aromatic N) is 1. The fraction of sp³-hybridized carbons (Fsp3) is 0.938. The van der Waals surface area contributed by atoms with E-state index in [0.29, 0.717) is 18.4 Å². The maximum absolute atomic E-state index is 11.9. The number of rotatable bonds is 5. The quantitative estimate of drug-likeness (QED) is 0.809. The van der Waals surface area contributed by atoms with Crippen LogP contribution in [0.2, 0.25) is 0 Å². The first-order valence-corrected chi connectivity index (χ1v) is 8.28. The second-order valence-electron chi connectivity index (χ2n) is 7.06. The van der Waals surface area contributed by atoms with Gasteiger partial charge in [-0.3, -0.25) is 9.69 Å². The molecule has 1 atom stereocenters. The van der Waals surface area contributed by atoms with Gasteiger partial charge in [0.1, 0.15) is 0 Å². The molecule has 20 heavy (non-hydrogen) atoms. The van der Waals surface area contributed by atoms with E-state index in [1.165, 1.54) is 38.5 Å². The van der Waals surface area contributed by atoms with Crippen LogP contribution in [0.4, 0.5) is 0 Å². The van der Waals surface area contributed by atoms with Gasteiger partial charge in [-0.1, -0.05) is 12.8 Å². The van der Waals surface area contributed by atoms with Gasteiger partial charge in [0.25, 0.3) is 0 Å². The Hall–Kier alpha value is -0.610. The summed E-state index contributed by atoms with van der Waals surface area (Å²) in [6.45, 7) is 6.83. The number of carbonyl (C=O) groups excluding carboxylic acids is 1. The van der Waals surface area contributed by atoms with E-state index in [1.807, 2.05) is 13.8 Å². The van der Waals surface area contributed by atoms with E-state index in [0.717, 1.165) is 13.1 Å². The van der Waals surface area contributed by atoms with Crippen LogP contribution in [0.3, 0.4) is 0 Å². The monoisotopic (exact) mass is 281 g/mol. The molecule has 4 nitrogen and oxygen atoms in total. The molecule has 1 unspecified atom stereocenters. The molecule has 1 heterocycles. The summed E-state index contributed by atoms with van der Waals surface area (Å²) < 4.78 is 0. The van der Waals surface area contributed by atoms with Crippen molar-refractivity contribution >= 4 is 5.91 Å². The fourth-order valence-electron chi connectivity index (χ4n) is 3.94. The molecule has 0 aromatic carbocycles. The van der Waals surface area contributed by atoms with Crippen molar-refractivity contribution in [3.63, 3.8) is 0 Å². The highest BCUT2D eigenvalue weighted by Gasteiger charge is 2.38. The molecule has 1 spiro atoms. The van der Waals surface area contributed by atoms with E-state index in [2.05, 4.69) is 10.2 Å². The van der Waals surface area contributed by atoms with Gasteiger partial charge in [0.05, 0.1) is 0 Å². The summed E-state index contributed by atoms with van der Waals surface area (Å²) >= 11 is 0. The molecule has 0 radical (unpaired) electrons. The minimum absolute atomic E-state index is 0.136. The number of piperidine rings is 1. The standard InChI is InChI=1S/C16H31N3O/c1-13(2)18-15(20)11-14(12-17)19-9-7-16(8-10-19)5-3-4-6-16/h13-14H,3-12,17H2,1-2H3,(H,18,20). The third kappa shape index (κ3) is 3.95. The second kappa shape index (κ2) is 6.90. The SMILES string of the molecule is CC(C)NC(=O)CC(CN)N1CCC2(CCCC2)CC1. The lowest BCUT2D eigenvalue weighted by molar-refractivity contribution is -0.123. The van der Waals surface area contributed by atoms with E-state index >= 15 is 0 Å².